The Morgan fingerprint density at radius 3 is 2.67 bits per heavy atom. The van der Waals surface area contributed by atoms with Crippen LogP contribution >= 0.6 is 0 Å². The van der Waals surface area contributed by atoms with E-state index in [2.05, 4.69) is 37.7 Å². The average molecular weight is 248 g/mol. The van der Waals surface area contributed by atoms with Crippen LogP contribution < -0.4 is 10.6 Å². The standard InChI is InChI=1S/C11H16N6O/c1-3-8-10(12-2)15-6-16-11(8)13-5-4-9-14-7-17-18-9/h6-7H,3-5H2,1-2H3,(H2,12,13,15,16). The molecule has 0 aliphatic carbocycles. The van der Waals surface area contributed by atoms with E-state index in [-0.39, 0.29) is 0 Å². The second kappa shape index (κ2) is 5.95. The Kier molecular flexibility index (Phi) is 4.06. The minimum atomic E-state index is 0.614. The van der Waals surface area contributed by atoms with Gasteiger partial charge >= 0.3 is 0 Å². The summed E-state index contributed by atoms with van der Waals surface area (Å²) >= 11 is 0. The smallest absolute Gasteiger partial charge is 0.228 e. The number of rotatable bonds is 6. The molecule has 0 aromatic carbocycles. The molecule has 2 rings (SSSR count). The van der Waals surface area contributed by atoms with Gasteiger partial charge in [0.15, 0.2) is 6.33 Å². The van der Waals surface area contributed by atoms with E-state index in [1.165, 1.54) is 6.33 Å². The first-order chi connectivity index (χ1) is 8.85. The summed E-state index contributed by atoms with van der Waals surface area (Å²) in [5.41, 5.74) is 1.07. The minimum Gasteiger partial charge on any atom is -0.373 e. The van der Waals surface area contributed by atoms with Crippen LogP contribution in [0.5, 0.6) is 0 Å². The van der Waals surface area contributed by atoms with E-state index in [1.54, 1.807) is 6.33 Å². The van der Waals surface area contributed by atoms with Crippen molar-refractivity contribution in [1.29, 1.82) is 0 Å². The van der Waals surface area contributed by atoms with Gasteiger partial charge in [0.1, 0.15) is 18.0 Å². The topological polar surface area (TPSA) is 88.8 Å². The molecule has 0 amide bonds. The summed E-state index contributed by atoms with van der Waals surface area (Å²) in [5.74, 6) is 2.31. The molecule has 2 aromatic heterocycles. The van der Waals surface area contributed by atoms with Gasteiger partial charge in [0.25, 0.3) is 0 Å². The molecular formula is C11H16N6O. The van der Waals surface area contributed by atoms with E-state index in [4.69, 9.17) is 4.52 Å². The zero-order chi connectivity index (χ0) is 12.8. The van der Waals surface area contributed by atoms with E-state index in [1.807, 2.05) is 7.05 Å². The average Bonchev–Trinajstić information content (AvgIpc) is 2.91. The van der Waals surface area contributed by atoms with Gasteiger partial charge in [-0.2, -0.15) is 4.98 Å². The molecule has 0 saturated carbocycles. The van der Waals surface area contributed by atoms with Gasteiger partial charge in [-0.15, -0.1) is 0 Å². The van der Waals surface area contributed by atoms with Crippen LogP contribution in [-0.2, 0) is 12.8 Å². The van der Waals surface area contributed by atoms with Gasteiger partial charge in [-0.25, -0.2) is 9.97 Å². The number of nitrogens with one attached hydrogen (secondary N) is 2. The van der Waals surface area contributed by atoms with Gasteiger partial charge in [0, 0.05) is 25.6 Å². The number of nitrogens with zero attached hydrogens (tertiary/aromatic N) is 4. The third-order valence-electron chi connectivity index (χ3n) is 2.57. The van der Waals surface area contributed by atoms with Crippen LogP contribution in [0.4, 0.5) is 11.6 Å². The lowest BCUT2D eigenvalue weighted by Gasteiger charge is -2.11. The highest BCUT2D eigenvalue weighted by atomic mass is 16.5. The van der Waals surface area contributed by atoms with Crippen molar-refractivity contribution in [3.05, 3.63) is 24.1 Å². The van der Waals surface area contributed by atoms with Gasteiger partial charge in [0.05, 0.1) is 0 Å². The van der Waals surface area contributed by atoms with Crippen molar-refractivity contribution in [2.75, 3.05) is 24.2 Å². The molecule has 0 aliphatic heterocycles. The molecule has 0 fully saturated rings. The monoisotopic (exact) mass is 248 g/mol. The quantitative estimate of drug-likeness (QED) is 0.791. The van der Waals surface area contributed by atoms with E-state index < -0.39 is 0 Å². The molecule has 18 heavy (non-hydrogen) atoms. The Bertz CT molecular complexity index is 484. The van der Waals surface area contributed by atoms with Crippen LogP contribution in [0.15, 0.2) is 17.2 Å². The lowest BCUT2D eigenvalue weighted by atomic mass is 10.2. The van der Waals surface area contributed by atoms with Crippen molar-refractivity contribution in [1.82, 2.24) is 20.1 Å². The highest BCUT2D eigenvalue weighted by Crippen LogP contribution is 2.19. The summed E-state index contributed by atoms with van der Waals surface area (Å²) in [6, 6.07) is 0. The molecule has 0 spiro atoms. The largest absolute Gasteiger partial charge is 0.373 e. The fourth-order valence-electron chi connectivity index (χ4n) is 1.71. The predicted octanol–water partition coefficient (Wildman–Crippen LogP) is 1.12. The maximum absolute atomic E-state index is 4.93. The first-order valence-electron chi connectivity index (χ1n) is 5.86. The van der Waals surface area contributed by atoms with E-state index in [0.29, 0.717) is 18.9 Å². The van der Waals surface area contributed by atoms with Crippen LogP contribution in [0.25, 0.3) is 0 Å². The third kappa shape index (κ3) is 2.73. The predicted molar refractivity (Wildman–Crippen MR) is 67.4 cm³/mol. The summed E-state index contributed by atoms with van der Waals surface area (Å²) in [4.78, 5) is 12.4. The lowest BCUT2D eigenvalue weighted by molar-refractivity contribution is 0.379. The van der Waals surface area contributed by atoms with Crippen LogP contribution in [0, 0.1) is 0 Å². The Labute approximate surface area is 105 Å². The van der Waals surface area contributed by atoms with Crippen molar-refractivity contribution in [2.45, 2.75) is 19.8 Å². The Hall–Kier alpha value is -2.18. The molecule has 2 N–H and O–H groups in total. The number of hydrogen-bond acceptors (Lipinski definition) is 7. The van der Waals surface area contributed by atoms with Crippen molar-refractivity contribution >= 4 is 11.6 Å². The number of hydrogen-bond donors (Lipinski definition) is 2. The van der Waals surface area contributed by atoms with E-state index >= 15 is 0 Å². The minimum absolute atomic E-state index is 0.614. The molecular weight excluding hydrogens is 232 g/mol. The Morgan fingerprint density at radius 1 is 1.17 bits per heavy atom. The second-order valence-electron chi connectivity index (χ2n) is 3.66. The molecule has 7 heteroatoms. The van der Waals surface area contributed by atoms with Crippen LogP contribution in [0.2, 0.25) is 0 Å². The maximum Gasteiger partial charge on any atom is 0.228 e. The highest BCUT2D eigenvalue weighted by molar-refractivity contribution is 5.57. The van der Waals surface area contributed by atoms with Crippen molar-refractivity contribution in [3.8, 4) is 0 Å². The normalized spacial score (nSPS) is 10.3. The maximum atomic E-state index is 4.93. The Balaban J connectivity index is 2.00. The second-order valence-corrected chi connectivity index (χ2v) is 3.66. The van der Waals surface area contributed by atoms with Gasteiger partial charge in [0.2, 0.25) is 5.89 Å². The van der Waals surface area contributed by atoms with Gasteiger partial charge in [-0.3, -0.25) is 0 Å². The summed E-state index contributed by atoms with van der Waals surface area (Å²) in [5, 5.41) is 9.88. The fraction of sp³-hybridized carbons (Fsp3) is 0.455. The van der Waals surface area contributed by atoms with Crippen molar-refractivity contribution in [3.63, 3.8) is 0 Å². The number of aromatic nitrogens is 4. The van der Waals surface area contributed by atoms with E-state index in [9.17, 15) is 0 Å². The summed E-state index contributed by atoms with van der Waals surface area (Å²) in [6.07, 6.45) is 4.47. The molecule has 0 unspecified atom stereocenters. The SMILES string of the molecule is CCc1c(NC)ncnc1NCCc1ncno1. The van der Waals surface area contributed by atoms with Crippen molar-refractivity contribution in [2.24, 2.45) is 0 Å². The zero-order valence-corrected chi connectivity index (χ0v) is 10.5. The number of anilines is 2. The van der Waals surface area contributed by atoms with Crippen molar-refractivity contribution < 1.29 is 4.52 Å². The fourth-order valence-corrected chi connectivity index (χ4v) is 1.71. The molecule has 2 aromatic rings. The Morgan fingerprint density at radius 2 is 2.00 bits per heavy atom. The molecule has 7 nitrogen and oxygen atoms in total. The first-order valence-corrected chi connectivity index (χ1v) is 5.86. The van der Waals surface area contributed by atoms with Crippen LogP contribution in [-0.4, -0.2) is 33.7 Å². The van der Waals surface area contributed by atoms with Gasteiger partial charge < -0.3 is 15.2 Å². The van der Waals surface area contributed by atoms with Crippen LogP contribution in [0.3, 0.4) is 0 Å². The lowest BCUT2D eigenvalue weighted by Crippen LogP contribution is -2.11. The molecule has 96 valence electrons. The van der Waals surface area contributed by atoms with Gasteiger partial charge in [-0.05, 0) is 6.42 Å². The molecule has 0 saturated heterocycles. The van der Waals surface area contributed by atoms with Crippen LogP contribution in [0.1, 0.15) is 18.4 Å². The summed E-state index contributed by atoms with van der Waals surface area (Å²) in [6.45, 7) is 2.76. The van der Waals surface area contributed by atoms with E-state index in [0.717, 1.165) is 23.6 Å². The molecule has 0 bridgehead atoms. The van der Waals surface area contributed by atoms with Gasteiger partial charge in [-0.1, -0.05) is 12.1 Å². The third-order valence-corrected chi connectivity index (χ3v) is 2.57. The summed E-state index contributed by atoms with van der Waals surface area (Å²) in [7, 11) is 1.85. The first kappa shape index (κ1) is 12.3. The molecule has 2 heterocycles. The summed E-state index contributed by atoms with van der Waals surface area (Å²) < 4.78 is 4.93. The molecule has 0 radical (unpaired) electrons. The zero-order valence-electron chi connectivity index (χ0n) is 10.5. The molecule has 0 aliphatic rings. The molecule has 0 atom stereocenters. The highest BCUT2D eigenvalue weighted by Gasteiger charge is 2.08.